The van der Waals surface area contributed by atoms with Crippen molar-refractivity contribution in [3.05, 3.63) is 143 Å². The van der Waals surface area contributed by atoms with Gasteiger partial charge in [-0.1, -0.05) is 66.7 Å². The smallest absolute Gasteiger partial charge is 0.230 e. The topological polar surface area (TPSA) is 74.5 Å². The Morgan fingerprint density at radius 2 is 0.981 bits per heavy atom. The molecule has 0 N–H and O–H groups in total. The zero-order valence-electron chi connectivity index (χ0n) is 29.6. The van der Waals surface area contributed by atoms with Crippen molar-refractivity contribution in [1.82, 2.24) is 0 Å². The molecule has 3 heterocycles. The molecule has 6 aromatic rings. The molecule has 3 atom stereocenters. The molecule has 7 nitrogen and oxygen atoms in total. The molecule has 7 heteroatoms. The normalized spacial score (nSPS) is 20.0. The van der Waals surface area contributed by atoms with Crippen LogP contribution in [-0.2, 0) is 33.5 Å². The Labute approximate surface area is 309 Å². The van der Waals surface area contributed by atoms with E-state index in [4.69, 9.17) is 33.2 Å². The van der Waals surface area contributed by atoms with Crippen LogP contribution >= 0.6 is 0 Å². The lowest BCUT2D eigenvalue weighted by molar-refractivity contribution is 0.118. The van der Waals surface area contributed by atoms with Gasteiger partial charge in [-0.05, 0) is 123 Å². The van der Waals surface area contributed by atoms with E-state index in [0.717, 1.165) is 84.5 Å². The van der Waals surface area contributed by atoms with E-state index in [0.29, 0.717) is 0 Å². The SMILES string of the molecule is c1cc(OCOc2ccc3ccc(C4CC4)cc3c2)c(CC2CO2)cc1Cc1ccc(OCOc2ccc3ccc(C4CO4)cc3c2)c(CC2CO2)c1. The quantitative estimate of drug-likeness (QED) is 0.0734. The maximum absolute atomic E-state index is 6.23. The zero-order chi connectivity index (χ0) is 35.1. The highest BCUT2D eigenvalue weighted by Gasteiger charge is 2.27. The Morgan fingerprint density at radius 3 is 1.49 bits per heavy atom. The van der Waals surface area contributed by atoms with E-state index < -0.39 is 0 Å². The summed E-state index contributed by atoms with van der Waals surface area (Å²) in [5.41, 5.74) is 7.33. The molecule has 6 aromatic carbocycles. The molecule has 0 aromatic heterocycles. The van der Waals surface area contributed by atoms with E-state index >= 15 is 0 Å². The molecule has 4 fully saturated rings. The standard InChI is InChI=1S/C46H42O7/c1-13-44(52-27-50-40-11-9-32-5-7-34(31-3-4-31)18-36(32)20-40)38(22-42-24-47-42)16-29(1)15-30-2-14-45(39(17-30)23-43-25-48-43)53-28-51-41-12-10-33-6-8-35(46-26-49-46)19-37(33)21-41/h1-2,5-14,16-21,31,42-43,46H,3-4,15,22-28H2. The summed E-state index contributed by atoms with van der Waals surface area (Å²) in [6.07, 6.45) is 5.69. The minimum absolute atomic E-state index is 0.120. The average molecular weight is 707 g/mol. The molecule has 268 valence electrons. The van der Waals surface area contributed by atoms with Gasteiger partial charge in [-0.2, -0.15) is 0 Å². The number of hydrogen-bond donors (Lipinski definition) is 0. The Kier molecular flexibility index (Phi) is 8.63. The Bertz CT molecular complexity index is 2120. The fourth-order valence-electron chi connectivity index (χ4n) is 7.28. The second kappa shape index (κ2) is 14.0. The van der Waals surface area contributed by atoms with Gasteiger partial charge in [-0.25, -0.2) is 0 Å². The summed E-state index contributed by atoms with van der Waals surface area (Å²) in [7, 11) is 0. The van der Waals surface area contributed by atoms with Gasteiger partial charge in [0, 0.05) is 12.8 Å². The van der Waals surface area contributed by atoms with Crippen molar-refractivity contribution in [3.8, 4) is 23.0 Å². The van der Waals surface area contributed by atoms with Crippen molar-refractivity contribution in [1.29, 1.82) is 0 Å². The van der Waals surface area contributed by atoms with E-state index in [9.17, 15) is 0 Å². The van der Waals surface area contributed by atoms with Gasteiger partial charge in [0.25, 0.3) is 0 Å². The van der Waals surface area contributed by atoms with E-state index in [1.807, 2.05) is 12.1 Å². The molecule has 1 saturated carbocycles. The fourth-order valence-corrected chi connectivity index (χ4v) is 7.28. The van der Waals surface area contributed by atoms with Gasteiger partial charge in [-0.15, -0.1) is 0 Å². The summed E-state index contributed by atoms with van der Waals surface area (Å²) in [5, 5.41) is 4.75. The first-order chi connectivity index (χ1) is 26.1. The fraction of sp³-hybridized carbons (Fsp3) is 0.304. The van der Waals surface area contributed by atoms with Crippen molar-refractivity contribution in [2.24, 2.45) is 0 Å². The third-order valence-corrected chi connectivity index (χ3v) is 10.7. The lowest BCUT2D eigenvalue weighted by Gasteiger charge is -2.16. The minimum atomic E-state index is 0.120. The second-order valence-corrected chi connectivity index (χ2v) is 14.8. The van der Waals surface area contributed by atoms with Crippen LogP contribution in [0.4, 0.5) is 0 Å². The van der Waals surface area contributed by atoms with Crippen LogP contribution in [0.5, 0.6) is 23.0 Å². The zero-order valence-corrected chi connectivity index (χ0v) is 29.6. The van der Waals surface area contributed by atoms with Crippen LogP contribution < -0.4 is 18.9 Å². The van der Waals surface area contributed by atoms with Crippen LogP contribution in [0, 0.1) is 0 Å². The van der Waals surface area contributed by atoms with Crippen molar-refractivity contribution in [2.45, 2.75) is 56.3 Å². The summed E-state index contributed by atoms with van der Waals surface area (Å²) in [4.78, 5) is 0. The third kappa shape index (κ3) is 7.98. The molecule has 0 radical (unpaired) electrons. The number of epoxide rings is 3. The largest absolute Gasteiger partial charge is 0.457 e. The maximum atomic E-state index is 6.23. The van der Waals surface area contributed by atoms with Gasteiger partial charge >= 0.3 is 0 Å². The summed E-state index contributed by atoms with van der Waals surface area (Å²) < 4.78 is 41.3. The highest BCUT2D eigenvalue weighted by atomic mass is 16.7. The highest BCUT2D eigenvalue weighted by Crippen LogP contribution is 2.41. The molecule has 3 saturated heterocycles. The molecular weight excluding hydrogens is 664 g/mol. The third-order valence-electron chi connectivity index (χ3n) is 10.7. The van der Waals surface area contributed by atoms with Gasteiger partial charge in [0.2, 0.25) is 13.6 Å². The molecule has 3 unspecified atom stereocenters. The van der Waals surface area contributed by atoms with Gasteiger partial charge in [0.15, 0.2) is 0 Å². The van der Waals surface area contributed by atoms with Gasteiger partial charge in [0.1, 0.15) is 29.1 Å². The lowest BCUT2D eigenvalue weighted by atomic mass is 9.97. The van der Waals surface area contributed by atoms with Crippen LogP contribution in [-0.4, -0.2) is 45.6 Å². The summed E-state index contributed by atoms with van der Waals surface area (Å²) >= 11 is 0. The van der Waals surface area contributed by atoms with Crippen molar-refractivity contribution in [2.75, 3.05) is 33.4 Å². The Hall–Kier alpha value is -5.08. The first-order valence-electron chi connectivity index (χ1n) is 18.8. The van der Waals surface area contributed by atoms with Crippen molar-refractivity contribution < 1.29 is 33.2 Å². The lowest BCUT2D eigenvalue weighted by Crippen LogP contribution is -2.09. The predicted molar refractivity (Wildman–Crippen MR) is 203 cm³/mol. The molecular formula is C46H42O7. The Morgan fingerprint density at radius 1 is 0.472 bits per heavy atom. The predicted octanol–water partition coefficient (Wildman–Crippen LogP) is 9.25. The van der Waals surface area contributed by atoms with Crippen molar-refractivity contribution >= 4 is 21.5 Å². The monoisotopic (exact) mass is 706 g/mol. The highest BCUT2D eigenvalue weighted by molar-refractivity contribution is 5.85. The molecule has 4 aliphatic rings. The van der Waals surface area contributed by atoms with Crippen LogP contribution in [0.3, 0.4) is 0 Å². The minimum Gasteiger partial charge on any atom is -0.457 e. The molecule has 3 aliphatic heterocycles. The first-order valence-corrected chi connectivity index (χ1v) is 18.8. The number of fused-ring (bicyclic) bond motifs is 2. The van der Waals surface area contributed by atoms with Gasteiger partial charge < -0.3 is 33.2 Å². The van der Waals surface area contributed by atoms with Gasteiger partial charge in [-0.3, -0.25) is 0 Å². The molecule has 10 rings (SSSR count). The number of hydrogen-bond acceptors (Lipinski definition) is 7. The molecule has 0 amide bonds. The number of ether oxygens (including phenoxy) is 7. The molecule has 53 heavy (non-hydrogen) atoms. The van der Waals surface area contributed by atoms with E-state index in [1.54, 1.807) is 0 Å². The van der Waals surface area contributed by atoms with Crippen LogP contribution in [0.1, 0.15) is 58.2 Å². The average Bonchev–Trinajstić information content (AvgIpc) is 3.96. The maximum Gasteiger partial charge on any atom is 0.230 e. The second-order valence-electron chi connectivity index (χ2n) is 14.8. The molecule has 1 aliphatic carbocycles. The summed E-state index contributed by atoms with van der Waals surface area (Å²) in [5.74, 6) is 3.97. The van der Waals surface area contributed by atoms with Crippen molar-refractivity contribution in [3.63, 3.8) is 0 Å². The number of rotatable bonds is 16. The molecule has 0 bridgehead atoms. The first kappa shape index (κ1) is 32.6. The summed E-state index contributed by atoms with van der Waals surface area (Å²) in [6, 6.07) is 38.5. The van der Waals surface area contributed by atoms with Gasteiger partial charge in [0.05, 0.1) is 32.0 Å². The van der Waals surface area contributed by atoms with E-state index in [2.05, 4.69) is 97.1 Å². The van der Waals surface area contributed by atoms with E-state index in [1.165, 1.54) is 51.3 Å². The van der Waals surface area contributed by atoms with Crippen LogP contribution in [0.25, 0.3) is 21.5 Å². The Balaban J connectivity index is 0.794. The number of benzene rings is 6. The summed E-state index contributed by atoms with van der Waals surface area (Å²) in [6.45, 7) is 2.63. The van der Waals surface area contributed by atoms with Crippen LogP contribution in [0.15, 0.2) is 109 Å². The van der Waals surface area contributed by atoms with E-state index in [-0.39, 0.29) is 31.9 Å². The van der Waals surface area contributed by atoms with Crippen LogP contribution in [0.2, 0.25) is 0 Å². The molecule has 0 spiro atoms.